The number of ether oxygens (including phenoxy) is 1. The molecule has 0 fully saturated rings. The molecule has 1 atom stereocenters. The largest absolute Gasteiger partial charge is 0.497 e. The van der Waals surface area contributed by atoms with Crippen LogP contribution in [0.1, 0.15) is 22.7 Å². The molecule has 0 aliphatic carbocycles. The molecule has 0 heterocycles. The molecule has 2 N–H and O–H groups in total. The Hall–Kier alpha value is -1.84. The van der Waals surface area contributed by atoms with Crippen LogP contribution >= 0.6 is 0 Å². The molecule has 2 aromatic carbocycles. The van der Waals surface area contributed by atoms with Gasteiger partial charge in [0.1, 0.15) is 5.75 Å². The second kappa shape index (κ2) is 7.08. The summed E-state index contributed by atoms with van der Waals surface area (Å²) >= 11 is 0. The molecule has 3 heteroatoms. The van der Waals surface area contributed by atoms with Crippen molar-refractivity contribution in [3.8, 4) is 5.75 Å². The molecule has 0 aromatic heterocycles. The lowest BCUT2D eigenvalue weighted by Gasteiger charge is -2.17. The lowest BCUT2D eigenvalue weighted by Crippen LogP contribution is -2.24. The summed E-state index contributed by atoms with van der Waals surface area (Å²) in [4.78, 5) is 0. The molecule has 0 aliphatic rings. The third-order valence-corrected chi connectivity index (χ3v) is 3.31. The van der Waals surface area contributed by atoms with E-state index in [-0.39, 0.29) is 12.6 Å². The van der Waals surface area contributed by atoms with E-state index < -0.39 is 0 Å². The number of rotatable bonds is 6. The van der Waals surface area contributed by atoms with E-state index >= 15 is 0 Å². The molecule has 106 valence electrons. The number of nitrogens with one attached hydrogen (secondary N) is 1. The second-order valence-electron chi connectivity index (χ2n) is 4.88. The van der Waals surface area contributed by atoms with Crippen LogP contribution in [-0.2, 0) is 6.54 Å². The predicted molar refractivity (Wildman–Crippen MR) is 80.8 cm³/mol. The fourth-order valence-electron chi connectivity index (χ4n) is 2.21. The summed E-state index contributed by atoms with van der Waals surface area (Å²) in [6.07, 6.45) is 0. The van der Waals surface area contributed by atoms with Crippen molar-refractivity contribution in [2.75, 3.05) is 13.7 Å². The van der Waals surface area contributed by atoms with Gasteiger partial charge < -0.3 is 15.2 Å². The monoisotopic (exact) mass is 271 g/mol. The Kier molecular flexibility index (Phi) is 5.16. The van der Waals surface area contributed by atoms with E-state index in [4.69, 9.17) is 4.74 Å². The van der Waals surface area contributed by atoms with Crippen molar-refractivity contribution in [1.29, 1.82) is 0 Å². The first-order chi connectivity index (χ1) is 9.72. The van der Waals surface area contributed by atoms with Gasteiger partial charge in [0.05, 0.1) is 19.8 Å². The number of hydrogen-bond acceptors (Lipinski definition) is 3. The Labute approximate surface area is 120 Å². The molecule has 1 unspecified atom stereocenters. The van der Waals surface area contributed by atoms with Crippen LogP contribution in [0.2, 0.25) is 0 Å². The van der Waals surface area contributed by atoms with Crippen molar-refractivity contribution < 1.29 is 9.84 Å². The average Bonchev–Trinajstić information content (AvgIpc) is 2.48. The SMILES string of the molecule is COc1cccc(C(CO)NCc2cccc(C)c2)c1. The van der Waals surface area contributed by atoms with Crippen molar-refractivity contribution in [3.63, 3.8) is 0 Å². The van der Waals surface area contributed by atoms with Crippen LogP contribution in [0.15, 0.2) is 48.5 Å². The van der Waals surface area contributed by atoms with Crippen molar-refractivity contribution in [2.45, 2.75) is 19.5 Å². The van der Waals surface area contributed by atoms with E-state index in [9.17, 15) is 5.11 Å². The van der Waals surface area contributed by atoms with E-state index in [0.29, 0.717) is 0 Å². The molecule has 0 radical (unpaired) electrons. The van der Waals surface area contributed by atoms with Gasteiger partial charge in [-0.05, 0) is 30.2 Å². The summed E-state index contributed by atoms with van der Waals surface area (Å²) in [6, 6.07) is 16.0. The molecule has 0 amide bonds. The predicted octanol–water partition coefficient (Wildman–Crippen LogP) is 2.83. The summed E-state index contributed by atoms with van der Waals surface area (Å²) in [5.41, 5.74) is 3.48. The van der Waals surface area contributed by atoms with Crippen LogP contribution in [0.5, 0.6) is 5.75 Å². The second-order valence-corrected chi connectivity index (χ2v) is 4.88. The number of methoxy groups -OCH3 is 1. The molecular formula is C17H21NO2. The molecule has 20 heavy (non-hydrogen) atoms. The van der Waals surface area contributed by atoms with Crippen LogP contribution in [-0.4, -0.2) is 18.8 Å². The van der Waals surface area contributed by atoms with E-state index in [1.165, 1.54) is 11.1 Å². The molecule has 3 nitrogen and oxygen atoms in total. The van der Waals surface area contributed by atoms with Gasteiger partial charge in [-0.3, -0.25) is 0 Å². The van der Waals surface area contributed by atoms with E-state index in [0.717, 1.165) is 17.9 Å². The molecule has 0 saturated carbocycles. The Morgan fingerprint density at radius 1 is 1.15 bits per heavy atom. The third-order valence-electron chi connectivity index (χ3n) is 3.31. The smallest absolute Gasteiger partial charge is 0.119 e. The number of aliphatic hydroxyl groups is 1. The first kappa shape index (κ1) is 14.6. The zero-order valence-electron chi connectivity index (χ0n) is 12.0. The van der Waals surface area contributed by atoms with Gasteiger partial charge in [0.25, 0.3) is 0 Å². The maximum atomic E-state index is 9.57. The van der Waals surface area contributed by atoms with Crippen LogP contribution in [0.25, 0.3) is 0 Å². The minimum Gasteiger partial charge on any atom is -0.497 e. The van der Waals surface area contributed by atoms with Gasteiger partial charge in [0.2, 0.25) is 0 Å². The highest BCUT2D eigenvalue weighted by molar-refractivity contribution is 5.31. The highest BCUT2D eigenvalue weighted by Crippen LogP contribution is 2.19. The van der Waals surface area contributed by atoms with Gasteiger partial charge in [-0.2, -0.15) is 0 Å². The fraction of sp³-hybridized carbons (Fsp3) is 0.294. The maximum absolute atomic E-state index is 9.57. The van der Waals surface area contributed by atoms with Gasteiger partial charge in [0.15, 0.2) is 0 Å². The Bertz CT molecular complexity index is 554. The molecule has 0 aliphatic heterocycles. The third kappa shape index (κ3) is 3.83. The van der Waals surface area contributed by atoms with Gasteiger partial charge in [-0.25, -0.2) is 0 Å². The van der Waals surface area contributed by atoms with Crippen LogP contribution in [0.3, 0.4) is 0 Å². The van der Waals surface area contributed by atoms with Crippen molar-refractivity contribution in [3.05, 3.63) is 65.2 Å². The van der Waals surface area contributed by atoms with Crippen LogP contribution in [0, 0.1) is 6.92 Å². The zero-order valence-corrected chi connectivity index (χ0v) is 12.0. The minimum absolute atomic E-state index is 0.0545. The van der Waals surface area contributed by atoms with Gasteiger partial charge in [-0.15, -0.1) is 0 Å². The standard InChI is InChI=1S/C17H21NO2/c1-13-5-3-6-14(9-13)11-18-17(12-19)15-7-4-8-16(10-15)20-2/h3-10,17-19H,11-12H2,1-2H3. The van der Waals surface area contributed by atoms with Gasteiger partial charge in [0, 0.05) is 6.54 Å². The van der Waals surface area contributed by atoms with Crippen molar-refractivity contribution in [1.82, 2.24) is 5.32 Å². The molecule has 2 rings (SSSR count). The van der Waals surface area contributed by atoms with Gasteiger partial charge in [-0.1, -0.05) is 42.0 Å². The number of hydrogen-bond donors (Lipinski definition) is 2. The van der Waals surface area contributed by atoms with Crippen molar-refractivity contribution >= 4 is 0 Å². The average molecular weight is 271 g/mol. The zero-order chi connectivity index (χ0) is 14.4. The topological polar surface area (TPSA) is 41.5 Å². The van der Waals surface area contributed by atoms with E-state index in [2.05, 4.69) is 30.4 Å². The Balaban J connectivity index is 2.05. The number of aryl methyl sites for hydroxylation is 1. The summed E-state index contributed by atoms with van der Waals surface area (Å²) in [6.45, 7) is 2.86. The first-order valence-electron chi connectivity index (χ1n) is 6.76. The first-order valence-corrected chi connectivity index (χ1v) is 6.76. The molecule has 2 aromatic rings. The lowest BCUT2D eigenvalue weighted by molar-refractivity contribution is 0.243. The molecule has 0 bridgehead atoms. The highest BCUT2D eigenvalue weighted by atomic mass is 16.5. The quantitative estimate of drug-likeness (QED) is 0.849. The van der Waals surface area contributed by atoms with Crippen LogP contribution in [0.4, 0.5) is 0 Å². The summed E-state index contributed by atoms with van der Waals surface area (Å²) in [5.74, 6) is 0.804. The highest BCUT2D eigenvalue weighted by Gasteiger charge is 2.10. The summed E-state index contributed by atoms with van der Waals surface area (Å²) in [5, 5.41) is 12.9. The molecule has 0 spiro atoms. The summed E-state index contributed by atoms with van der Waals surface area (Å²) < 4.78 is 5.22. The Morgan fingerprint density at radius 2 is 1.95 bits per heavy atom. The van der Waals surface area contributed by atoms with E-state index in [1.54, 1.807) is 7.11 Å². The van der Waals surface area contributed by atoms with Gasteiger partial charge >= 0.3 is 0 Å². The van der Waals surface area contributed by atoms with Crippen molar-refractivity contribution in [2.24, 2.45) is 0 Å². The normalized spacial score (nSPS) is 12.2. The summed E-state index contributed by atoms with van der Waals surface area (Å²) in [7, 11) is 1.65. The fourth-order valence-corrected chi connectivity index (χ4v) is 2.21. The number of aliphatic hydroxyl groups excluding tert-OH is 1. The lowest BCUT2D eigenvalue weighted by atomic mass is 10.1. The van der Waals surface area contributed by atoms with Crippen LogP contribution < -0.4 is 10.1 Å². The van der Waals surface area contributed by atoms with E-state index in [1.807, 2.05) is 30.3 Å². The maximum Gasteiger partial charge on any atom is 0.119 e. The molecular weight excluding hydrogens is 250 g/mol. The number of benzene rings is 2. The Morgan fingerprint density at radius 3 is 2.65 bits per heavy atom. The molecule has 0 saturated heterocycles. The minimum atomic E-state index is -0.0920.